The molecule has 1 N–H and O–H groups in total. The first kappa shape index (κ1) is 15.5. The molecule has 0 bridgehead atoms. The van der Waals surface area contributed by atoms with Gasteiger partial charge in [-0.1, -0.05) is 23.2 Å². The van der Waals surface area contributed by atoms with E-state index in [0.29, 0.717) is 4.47 Å². The Kier molecular flexibility index (Phi) is 4.53. The predicted octanol–water partition coefficient (Wildman–Crippen LogP) is 4.09. The number of hydrogen-bond donors (Lipinski definition) is 1. The van der Waals surface area contributed by atoms with Crippen LogP contribution in [0.15, 0.2) is 39.8 Å². The van der Waals surface area contributed by atoms with Gasteiger partial charge in [-0.05, 0) is 40.2 Å². The number of nitrogens with zero attached hydrogens (tertiary/aromatic N) is 1. The number of aromatic nitrogens is 1. The van der Waals surface area contributed by atoms with Crippen LogP contribution in [-0.2, 0) is 10.0 Å². The molecule has 1 aromatic carbocycles. The summed E-state index contributed by atoms with van der Waals surface area (Å²) in [6, 6.07) is 4.85. The molecule has 0 amide bonds. The molecule has 0 aliphatic rings. The maximum absolute atomic E-state index is 13.3. The van der Waals surface area contributed by atoms with Gasteiger partial charge in [0.05, 0.1) is 10.7 Å². The molecule has 0 aliphatic heterocycles. The fourth-order valence-corrected chi connectivity index (χ4v) is 3.47. The molecule has 0 atom stereocenters. The van der Waals surface area contributed by atoms with Crippen molar-refractivity contribution in [2.75, 3.05) is 4.72 Å². The highest BCUT2D eigenvalue weighted by atomic mass is 79.9. The van der Waals surface area contributed by atoms with Gasteiger partial charge in [0, 0.05) is 10.7 Å². The van der Waals surface area contributed by atoms with Crippen LogP contribution in [-0.4, -0.2) is 13.4 Å². The zero-order chi connectivity index (χ0) is 14.9. The van der Waals surface area contributed by atoms with Gasteiger partial charge in [0.25, 0.3) is 10.0 Å². The molecule has 4 nitrogen and oxygen atoms in total. The van der Waals surface area contributed by atoms with E-state index in [4.69, 9.17) is 23.2 Å². The molecule has 0 spiro atoms. The SMILES string of the molecule is O=S(=O)(Nc1ccc(Cl)c(F)c1)c1cc(Br)cnc1Cl. The first-order valence-electron chi connectivity index (χ1n) is 5.08. The summed E-state index contributed by atoms with van der Waals surface area (Å²) in [5.41, 5.74) is 0.0305. The van der Waals surface area contributed by atoms with Crippen molar-refractivity contribution in [1.82, 2.24) is 4.98 Å². The van der Waals surface area contributed by atoms with Crippen molar-refractivity contribution in [2.45, 2.75) is 4.90 Å². The lowest BCUT2D eigenvalue weighted by Gasteiger charge is -2.09. The van der Waals surface area contributed by atoms with E-state index in [-0.39, 0.29) is 20.8 Å². The maximum Gasteiger partial charge on any atom is 0.265 e. The van der Waals surface area contributed by atoms with Gasteiger partial charge in [-0.15, -0.1) is 0 Å². The molecule has 1 heterocycles. The number of anilines is 1. The van der Waals surface area contributed by atoms with Gasteiger partial charge < -0.3 is 0 Å². The minimum atomic E-state index is -3.98. The zero-order valence-electron chi connectivity index (χ0n) is 9.57. The van der Waals surface area contributed by atoms with Crippen molar-refractivity contribution < 1.29 is 12.8 Å². The van der Waals surface area contributed by atoms with Gasteiger partial charge in [0.1, 0.15) is 15.9 Å². The fraction of sp³-hybridized carbons (Fsp3) is 0. The number of sulfonamides is 1. The Morgan fingerprint density at radius 3 is 2.60 bits per heavy atom. The molecule has 0 radical (unpaired) electrons. The van der Waals surface area contributed by atoms with Gasteiger partial charge in [-0.2, -0.15) is 0 Å². The third-order valence-electron chi connectivity index (χ3n) is 2.23. The van der Waals surface area contributed by atoms with E-state index >= 15 is 0 Å². The number of halogens is 4. The quantitative estimate of drug-likeness (QED) is 0.790. The Labute approximate surface area is 133 Å². The second-order valence-corrected chi connectivity index (χ2v) is 7.01. The van der Waals surface area contributed by atoms with Crippen molar-refractivity contribution >= 4 is 54.8 Å². The summed E-state index contributed by atoms with van der Waals surface area (Å²) in [6.45, 7) is 0. The van der Waals surface area contributed by atoms with Crippen LogP contribution in [0.1, 0.15) is 0 Å². The topological polar surface area (TPSA) is 59.1 Å². The molecule has 0 saturated heterocycles. The van der Waals surface area contributed by atoms with E-state index in [0.717, 1.165) is 6.07 Å². The van der Waals surface area contributed by atoms with Crippen molar-refractivity contribution in [3.63, 3.8) is 0 Å². The van der Waals surface area contributed by atoms with Crippen molar-refractivity contribution in [2.24, 2.45) is 0 Å². The van der Waals surface area contributed by atoms with Crippen molar-refractivity contribution in [3.05, 3.63) is 50.9 Å². The zero-order valence-corrected chi connectivity index (χ0v) is 13.5. The van der Waals surface area contributed by atoms with Crippen LogP contribution in [0.25, 0.3) is 0 Å². The summed E-state index contributed by atoms with van der Waals surface area (Å²) in [5, 5.41) is -0.287. The van der Waals surface area contributed by atoms with E-state index < -0.39 is 15.8 Å². The maximum atomic E-state index is 13.3. The van der Waals surface area contributed by atoms with Gasteiger partial charge in [0.15, 0.2) is 0 Å². The number of rotatable bonds is 3. The van der Waals surface area contributed by atoms with Gasteiger partial charge in [-0.25, -0.2) is 17.8 Å². The summed E-state index contributed by atoms with van der Waals surface area (Å²) in [5.74, 6) is -0.731. The van der Waals surface area contributed by atoms with Crippen LogP contribution in [0.4, 0.5) is 10.1 Å². The lowest BCUT2D eigenvalue weighted by Crippen LogP contribution is -2.14. The third-order valence-corrected chi connectivity index (χ3v) is 4.78. The summed E-state index contributed by atoms with van der Waals surface area (Å²) in [4.78, 5) is 3.50. The van der Waals surface area contributed by atoms with Crippen LogP contribution in [0, 0.1) is 5.82 Å². The first-order valence-corrected chi connectivity index (χ1v) is 8.12. The Morgan fingerprint density at radius 1 is 1.25 bits per heavy atom. The first-order chi connectivity index (χ1) is 9.29. The Balaban J connectivity index is 2.40. The molecule has 0 fully saturated rings. The third kappa shape index (κ3) is 3.41. The smallest absolute Gasteiger partial charge is 0.265 e. The van der Waals surface area contributed by atoms with Crippen LogP contribution < -0.4 is 4.72 Å². The highest BCUT2D eigenvalue weighted by Crippen LogP contribution is 2.26. The lowest BCUT2D eigenvalue weighted by molar-refractivity contribution is 0.600. The molecular weight excluding hydrogens is 394 g/mol. The summed E-state index contributed by atoms with van der Waals surface area (Å²) in [6.07, 6.45) is 1.36. The molecule has 9 heteroatoms. The number of nitrogens with one attached hydrogen (secondary N) is 1. The molecule has 2 aromatic rings. The predicted molar refractivity (Wildman–Crippen MR) is 79.2 cm³/mol. The largest absolute Gasteiger partial charge is 0.279 e. The fourth-order valence-electron chi connectivity index (χ4n) is 1.36. The number of benzene rings is 1. The highest BCUT2D eigenvalue weighted by Gasteiger charge is 2.20. The normalized spacial score (nSPS) is 11.4. The van der Waals surface area contributed by atoms with E-state index in [1.165, 1.54) is 24.4 Å². The highest BCUT2D eigenvalue weighted by molar-refractivity contribution is 9.10. The molecule has 106 valence electrons. The van der Waals surface area contributed by atoms with Crippen molar-refractivity contribution in [3.8, 4) is 0 Å². The molecule has 20 heavy (non-hydrogen) atoms. The van der Waals surface area contributed by atoms with E-state index in [1.54, 1.807) is 0 Å². The monoisotopic (exact) mass is 398 g/mol. The van der Waals surface area contributed by atoms with Crippen LogP contribution in [0.3, 0.4) is 0 Å². The molecular formula is C11H6BrCl2FN2O2S. The standard InChI is InChI=1S/C11H6BrCl2FN2O2S/c12-6-3-10(11(14)16-5-6)20(18,19)17-7-1-2-8(13)9(15)4-7/h1-5,17H. The number of hydrogen-bond acceptors (Lipinski definition) is 3. The molecule has 0 aliphatic carbocycles. The number of pyridine rings is 1. The summed E-state index contributed by atoms with van der Waals surface area (Å²) < 4.78 is 40.3. The molecule has 1 aromatic heterocycles. The van der Waals surface area contributed by atoms with Crippen LogP contribution in [0.2, 0.25) is 10.2 Å². The second-order valence-electron chi connectivity index (χ2n) is 3.68. The Morgan fingerprint density at radius 2 is 1.95 bits per heavy atom. The van der Waals surface area contributed by atoms with Gasteiger partial charge in [-0.3, -0.25) is 4.72 Å². The summed E-state index contributed by atoms with van der Waals surface area (Å²) >= 11 is 14.4. The van der Waals surface area contributed by atoms with Crippen LogP contribution >= 0.6 is 39.1 Å². The van der Waals surface area contributed by atoms with E-state index in [9.17, 15) is 12.8 Å². The van der Waals surface area contributed by atoms with Gasteiger partial charge in [0.2, 0.25) is 0 Å². The summed E-state index contributed by atoms with van der Waals surface area (Å²) in [7, 11) is -3.98. The van der Waals surface area contributed by atoms with E-state index in [2.05, 4.69) is 25.6 Å². The average Bonchev–Trinajstić information content (AvgIpc) is 2.36. The average molecular weight is 400 g/mol. The second kappa shape index (κ2) is 5.85. The molecule has 0 unspecified atom stereocenters. The minimum Gasteiger partial charge on any atom is -0.279 e. The molecule has 2 rings (SSSR count). The van der Waals surface area contributed by atoms with Crippen LogP contribution in [0.5, 0.6) is 0 Å². The Hall–Kier alpha value is -0.890. The van der Waals surface area contributed by atoms with Crippen molar-refractivity contribution in [1.29, 1.82) is 0 Å². The van der Waals surface area contributed by atoms with Gasteiger partial charge >= 0.3 is 0 Å². The van der Waals surface area contributed by atoms with E-state index in [1.807, 2.05) is 0 Å². The lowest BCUT2D eigenvalue weighted by atomic mass is 10.3. The molecule has 0 saturated carbocycles. The minimum absolute atomic E-state index is 0.0305. The Bertz CT molecular complexity index is 771.